The number of halogens is 3. The average molecular weight is 501 g/mol. The van der Waals surface area contributed by atoms with Crippen LogP contribution in [0.5, 0.6) is 0 Å². The van der Waals surface area contributed by atoms with Crippen LogP contribution in [0.15, 0.2) is 84.5 Å². The van der Waals surface area contributed by atoms with Gasteiger partial charge >= 0.3 is 42.1 Å². The number of anilines is 1. The van der Waals surface area contributed by atoms with E-state index in [1.165, 1.54) is 33.7 Å². The summed E-state index contributed by atoms with van der Waals surface area (Å²) in [5, 5.41) is 0. The predicted octanol–water partition coefficient (Wildman–Crippen LogP) is 6.46. The molecule has 0 bridgehead atoms. The summed E-state index contributed by atoms with van der Waals surface area (Å²) < 4.78 is 2.12. The molecule has 0 atom stereocenters. The van der Waals surface area contributed by atoms with Crippen molar-refractivity contribution < 1.29 is 17.6 Å². The molecule has 0 fully saturated rings. The molecule has 2 aromatic carbocycles. The van der Waals surface area contributed by atoms with Gasteiger partial charge in [0.1, 0.15) is 14.1 Å². The SMILES string of the molecule is CN(C)c1ccc(C(=C2C=CC(=[N+](C)C)C=C2)c2ccccc2)cc1.[Cl][Zn-]([Cl])[Cl]. The molecule has 0 saturated heterocycles. The molecule has 0 radical (unpaired) electrons. The Morgan fingerprint density at radius 2 is 1.24 bits per heavy atom. The van der Waals surface area contributed by atoms with Crippen LogP contribution in [-0.4, -0.2) is 38.5 Å². The molecule has 1 aliphatic carbocycles. The molecule has 0 N–H and O–H groups in total. The molecule has 0 unspecified atom stereocenters. The molecule has 0 aromatic heterocycles. The minimum absolute atomic E-state index is 1.21. The van der Waals surface area contributed by atoms with Crippen molar-refractivity contribution in [3.05, 3.63) is 95.6 Å². The van der Waals surface area contributed by atoms with Gasteiger partial charge in [-0.1, -0.05) is 42.5 Å². The predicted molar refractivity (Wildman–Crippen MR) is 126 cm³/mol. The van der Waals surface area contributed by atoms with E-state index in [1.54, 1.807) is 0 Å². The van der Waals surface area contributed by atoms with Gasteiger partial charge in [0.2, 0.25) is 0 Å². The zero-order chi connectivity index (χ0) is 21.4. The first-order valence-corrected chi connectivity index (χ1v) is 21.0. The molecule has 3 rings (SSSR count). The van der Waals surface area contributed by atoms with Crippen molar-refractivity contribution in [2.75, 3.05) is 33.1 Å². The Kier molecular flexibility index (Phi) is 9.66. The van der Waals surface area contributed by atoms with Gasteiger partial charge in [0.05, 0.1) is 0 Å². The quantitative estimate of drug-likeness (QED) is 0.346. The van der Waals surface area contributed by atoms with Crippen LogP contribution < -0.4 is 4.90 Å². The fraction of sp³-hybridized carbons (Fsp3) is 0.174. The normalized spacial score (nSPS) is 12.2. The summed E-state index contributed by atoms with van der Waals surface area (Å²) >= 11 is -2.21. The molecule has 1 aliphatic rings. The first-order valence-electron chi connectivity index (χ1n) is 9.34. The van der Waals surface area contributed by atoms with Crippen molar-refractivity contribution in [3.8, 4) is 0 Å². The first kappa shape index (κ1) is 23.9. The van der Waals surface area contributed by atoms with E-state index >= 15 is 0 Å². The third-order valence-electron chi connectivity index (χ3n) is 4.41. The summed E-state index contributed by atoms with van der Waals surface area (Å²) in [6.45, 7) is 0. The number of rotatable bonds is 3. The van der Waals surface area contributed by atoms with Crippen LogP contribution >= 0.6 is 29.1 Å². The Balaban J connectivity index is 0.000000687. The van der Waals surface area contributed by atoms with Crippen LogP contribution in [-0.2, 0) is 13.0 Å². The Morgan fingerprint density at radius 3 is 1.69 bits per heavy atom. The summed E-state index contributed by atoms with van der Waals surface area (Å²) in [6.07, 6.45) is 8.76. The third kappa shape index (κ3) is 7.43. The molecule has 0 heterocycles. The molecule has 0 amide bonds. The number of allylic oxidation sites excluding steroid dienone is 5. The second-order valence-corrected chi connectivity index (χ2v) is 20.8. The van der Waals surface area contributed by atoms with Crippen molar-refractivity contribution in [1.29, 1.82) is 0 Å². The van der Waals surface area contributed by atoms with Gasteiger partial charge < -0.3 is 4.90 Å². The zero-order valence-corrected chi connectivity index (χ0v) is 22.5. The van der Waals surface area contributed by atoms with E-state index in [1.807, 2.05) is 0 Å². The molecule has 0 aliphatic heterocycles. The fourth-order valence-corrected chi connectivity index (χ4v) is 2.96. The maximum atomic E-state index is 5.01. The number of benzene rings is 2. The molecular weight excluding hydrogens is 476 g/mol. The van der Waals surface area contributed by atoms with Gasteiger partial charge in [-0.2, -0.15) is 0 Å². The van der Waals surface area contributed by atoms with E-state index < -0.39 is 13.0 Å². The van der Waals surface area contributed by atoms with Crippen LogP contribution in [0.4, 0.5) is 5.69 Å². The van der Waals surface area contributed by atoms with Gasteiger partial charge in [0, 0.05) is 31.9 Å². The number of nitrogens with zero attached hydrogens (tertiary/aromatic N) is 2. The Morgan fingerprint density at radius 1 is 0.759 bits per heavy atom. The monoisotopic (exact) mass is 498 g/mol. The standard InChI is InChI=1S/C23H25N2.3ClH.Zn/c1-24(2)21-14-10-19(11-15-21)23(18-8-6-5-7-9-18)20-12-16-22(17-13-20)25(3)4;;;;/h5-17H,1-4H3;3*1H;/q+1;;;;+2/p-3. The van der Waals surface area contributed by atoms with Gasteiger partial charge in [0.25, 0.3) is 0 Å². The summed E-state index contributed by atoms with van der Waals surface area (Å²) in [4.78, 5) is 2.12. The van der Waals surface area contributed by atoms with E-state index in [4.69, 9.17) is 29.1 Å². The van der Waals surface area contributed by atoms with Crippen molar-refractivity contribution in [1.82, 2.24) is 0 Å². The minimum atomic E-state index is -2.21. The topological polar surface area (TPSA) is 6.25 Å². The van der Waals surface area contributed by atoms with Crippen LogP contribution in [0.2, 0.25) is 0 Å². The molecule has 150 valence electrons. The third-order valence-corrected chi connectivity index (χ3v) is 4.41. The van der Waals surface area contributed by atoms with Crippen molar-refractivity contribution >= 4 is 46.0 Å². The fourth-order valence-electron chi connectivity index (χ4n) is 2.96. The molecule has 29 heavy (non-hydrogen) atoms. The van der Waals surface area contributed by atoms with E-state index in [-0.39, 0.29) is 0 Å². The second kappa shape index (κ2) is 11.7. The van der Waals surface area contributed by atoms with Gasteiger partial charge in [0.15, 0.2) is 5.71 Å². The maximum absolute atomic E-state index is 5.01. The molecule has 2 nitrogen and oxygen atoms in total. The zero-order valence-electron chi connectivity index (χ0n) is 17.2. The van der Waals surface area contributed by atoms with Crippen molar-refractivity contribution in [2.24, 2.45) is 0 Å². The molecule has 0 saturated carbocycles. The summed E-state index contributed by atoms with van der Waals surface area (Å²) in [7, 11) is 23.3. The van der Waals surface area contributed by atoms with Crippen LogP contribution in [0.3, 0.4) is 0 Å². The molecule has 2 aromatic rings. The van der Waals surface area contributed by atoms with Gasteiger partial charge in [-0.15, -0.1) is 0 Å². The van der Waals surface area contributed by atoms with Gasteiger partial charge in [-0.05, 0) is 46.6 Å². The van der Waals surface area contributed by atoms with E-state index in [0.717, 1.165) is 0 Å². The van der Waals surface area contributed by atoms with Crippen LogP contribution in [0, 0.1) is 0 Å². The van der Waals surface area contributed by atoms with Crippen LogP contribution in [0.25, 0.3) is 5.57 Å². The van der Waals surface area contributed by atoms with Crippen molar-refractivity contribution in [3.63, 3.8) is 0 Å². The van der Waals surface area contributed by atoms with E-state index in [9.17, 15) is 0 Å². The Hall–Kier alpha value is -1.38. The number of hydrogen-bond acceptors (Lipinski definition) is 1. The molecular formula is C23H25Cl3N2Zn. The summed E-state index contributed by atoms with van der Waals surface area (Å²) in [6, 6.07) is 19.4. The molecule has 6 heteroatoms. The Labute approximate surface area is 191 Å². The van der Waals surface area contributed by atoms with Gasteiger partial charge in [-0.3, -0.25) is 0 Å². The number of hydrogen-bond donors (Lipinski definition) is 0. The van der Waals surface area contributed by atoms with Gasteiger partial charge in [-0.25, -0.2) is 4.58 Å². The summed E-state index contributed by atoms with van der Waals surface area (Å²) in [5.74, 6) is 0. The molecule has 0 spiro atoms. The second-order valence-electron chi connectivity index (χ2n) is 6.93. The Bertz CT molecular complexity index is 904. The van der Waals surface area contributed by atoms with Crippen LogP contribution in [0.1, 0.15) is 11.1 Å². The average Bonchev–Trinajstić information content (AvgIpc) is 2.69. The summed E-state index contributed by atoms with van der Waals surface area (Å²) in [5.41, 5.74) is 7.37. The van der Waals surface area contributed by atoms with E-state index in [0.29, 0.717) is 0 Å². The van der Waals surface area contributed by atoms with E-state index in [2.05, 4.69) is 117 Å². The van der Waals surface area contributed by atoms with Crippen molar-refractivity contribution in [2.45, 2.75) is 0 Å². The first-order chi connectivity index (χ1) is 13.8.